The maximum absolute atomic E-state index is 14.0. The minimum Gasteiger partial charge on any atom is -0.492 e. The van der Waals surface area contributed by atoms with Gasteiger partial charge < -0.3 is 25.4 Å². The van der Waals surface area contributed by atoms with Crippen molar-refractivity contribution in [3.05, 3.63) is 82.4 Å². The summed E-state index contributed by atoms with van der Waals surface area (Å²) in [5.74, 6) is 0.0290. The number of benzene rings is 2. The summed E-state index contributed by atoms with van der Waals surface area (Å²) in [6, 6.07) is 13.9. The molecule has 4 rings (SSSR count). The monoisotopic (exact) mass is 591 g/mol. The average molecular weight is 592 g/mol. The van der Waals surface area contributed by atoms with E-state index in [0.29, 0.717) is 53.8 Å². The van der Waals surface area contributed by atoms with Gasteiger partial charge in [0.05, 0.1) is 35.3 Å². The predicted molar refractivity (Wildman–Crippen MR) is 163 cm³/mol. The van der Waals surface area contributed by atoms with Crippen LogP contribution in [-0.2, 0) is 11.4 Å². The number of ether oxygens (including phenoxy) is 2. The molecular weight excluding hydrogens is 557 g/mol. The molecular formula is C32H35ClFN5O3. The SMILES string of the molecule is CCOc1cc2c(cc1NC(=O)CCCNC)C(Nc1ccc(OCc3ncccc3F)c(Cl)c1)C(C#N)CC/C=C/2. The average Bonchev–Trinajstić information content (AvgIpc) is 2.97. The second-order valence-electron chi connectivity index (χ2n) is 9.87. The molecule has 8 nitrogen and oxygen atoms in total. The van der Waals surface area contributed by atoms with Crippen LogP contribution in [0.4, 0.5) is 15.8 Å². The number of nitrogens with zero attached hydrogens (tertiary/aromatic N) is 2. The van der Waals surface area contributed by atoms with Gasteiger partial charge in [-0.2, -0.15) is 5.26 Å². The first-order chi connectivity index (χ1) is 20.4. The minimum atomic E-state index is -0.451. The normalized spacial score (nSPS) is 16.7. The summed E-state index contributed by atoms with van der Waals surface area (Å²) < 4.78 is 25.6. The van der Waals surface area contributed by atoms with Crippen molar-refractivity contribution < 1.29 is 18.7 Å². The van der Waals surface area contributed by atoms with E-state index in [0.717, 1.165) is 24.1 Å². The number of nitriles is 1. The third-order valence-corrected chi connectivity index (χ3v) is 7.18. The van der Waals surface area contributed by atoms with Gasteiger partial charge in [0.2, 0.25) is 5.91 Å². The highest BCUT2D eigenvalue weighted by Crippen LogP contribution is 2.40. The van der Waals surface area contributed by atoms with Gasteiger partial charge in [-0.25, -0.2) is 4.39 Å². The highest BCUT2D eigenvalue weighted by Gasteiger charge is 2.28. The van der Waals surface area contributed by atoms with E-state index in [1.165, 1.54) is 18.3 Å². The Balaban J connectivity index is 1.63. The van der Waals surface area contributed by atoms with Gasteiger partial charge in [0, 0.05) is 18.3 Å². The molecule has 1 amide bonds. The van der Waals surface area contributed by atoms with Crippen LogP contribution in [0, 0.1) is 23.1 Å². The fourth-order valence-electron chi connectivity index (χ4n) is 4.78. The van der Waals surface area contributed by atoms with Crippen molar-refractivity contribution in [3.63, 3.8) is 0 Å². The molecule has 2 aromatic carbocycles. The molecule has 220 valence electrons. The van der Waals surface area contributed by atoms with E-state index >= 15 is 0 Å². The number of hydrogen-bond donors (Lipinski definition) is 3. The fourth-order valence-corrected chi connectivity index (χ4v) is 5.02. The lowest BCUT2D eigenvalue weighted by atomic mass is 9.85. The number of rotatable bonds is 12. The van der Waals surface area contributed by atoms with E-state index in [9.17, 15) is 14.4 Å². The number of anilines is 2. The lowest BCUT2D eigenvalue weighted by molar-refractivity contribution is -0.116. The van der Waals surface area contributed by atoms with Gasteiger partial charge >= 0.3 is 0 Å². The molecule has 2 unspecified atom stereocenters. The zero-order valence-electron chi connectivity index (χ0n) is 23.8. The number of carbonyl (C=O) groups is 1. The largest absolute Gasteiger partial charge is 0.492 e. The Kier molecular flexibility index (Phi) is 11.2. The van der Waals surface area contributed by atoms with Crippen molar-refractivity contribution in [3.8, 4) is 17.6 Å². The summed E-state index contributed by atoms with van der Waals surface area (Å²) in [5.41, 5.74) is 3.18. The Bertz CT molecular complexity index is 1460. The number of halogens is 2. The molecule has 0 bridgehead atoms. The number of allylic oxidation sites excluding steroid dienone is 1. The summed E-state index contributed by atoms with van der Waals surface area (Å²) in [6.45, 7) is 3.01. The molecule has 3 N–H and O–H groups in total. The molecule has 1 aliphatic carbocycles. The lowest BCUT2D eigenvalue weighted by Gasteiger charge is -2.29. The highest BCUT2D eigenvalue weighted by atomic mass is 35.5. The van der Waals surface area contributed by atoms with Crippen molar-refractivity contribution in [2.75, 3.05) is 30.8 Å². The van der Waals surface area contributed by atoms with E-state index in [1.54, 1.807) is 18.2 Å². The summed E-state index contributed by atoms with van der Waals surface area (Å²) in [6.07, 6.45) is 8.04. The third-order valence-electron chi connectivity index (χ3n) is 6.89. The van der Waals surface area contributed by atoms with Gasteiger partial charge in [0.25, 0.3) is 0 Å². The number of aromatic nitrogens is 1. The fraction of sp³-hybridized carbons (Fsp3) is 0.344. The van der Waals surface area contributed by atoms with Crippen LogP contribution in [-0.4, -0.2) is 31.1 Å². The number of hydrogen-bond acceptors (Lipinski definition) is 7. The molecule has 0 saturated carbocycles. The molecule has 10 heteroatoms. The lowest BCUT2D eigenvalue weighted by Crippen LogP contribution is -2.23. The first-order valence-electron chi connectivity index (χ1n) is 14.0. The molecule has 0 aliphatic heterocycles. The van der Waals surface area contributed by atoms with Crippen molar-refractivity contribution >= 4 is 35.0 Å². The molecule has 1 aliphatic rings. The van der Waals surface area contributed by atoms with Gasteiger partial charge in [-0.15, -0.1) is 0 Å². The van der Waals surface area contributed by atoms with Gasteiger partial charge in [0.15, 0.2) is 0 Å². The van der Waals surface area contributed by atoms with E-state index in [4.69, 9.17) is 21.1 Å². The van der Waals surface area contributed by atoms with Gasteiger partial charge in [-0.05, 0) is 93.4 Å². The molecule has 0 fully saturated rings. The summed E-state index contributed by atoms with van der Waals surface area (Å²) >= 11 is 6.55. The molecule has 2 atom stereocenters. The second-order valence-corrected chi connectivity index (χ2v) is 10.3. The van der Waals surface area contributed by atoms with E-state index in [2.05, 4.69) is 33.1 Å². The van der Waals surface area contributed by atoms with Crippen LogP contribution in [0.2, 0.25) is 5.02 Å². The zero-order chi connectivity index (χ0) is 29.9. The Morgan fingerprint density at radius 2 is 2.07 bits per heavy atom. The number of nitrogens with one attached hydrogen (secondary N) is 3. The first-order valence-corrected chi connectivity index (χ1v) is 14.4. The number of amides is 1. The molecule has 0 radical (unpaired) electrons. The summed E-state index contributed by atoms with van der Waals surface area (Å²) in [7, 11) is 1.85. The van der Waals surface area contributed by atoms with Gasteiger partial charge in [-0.1, -0.05) is 23.8 Å². The maximum Gasteiger partial charge on any atom is 0.224 e. The Labute approximate surface area is 250 Å². The maximum atomic E-state index is 14.0. The molecule has 1 heterocycles. The Morgan fingerprint density at radius 1 is 1.21 bits per heavy atom. The summed E-state index contributed by atoms with van der Waals surface area (Å²) in [4.78, 5) is 16.7. The van der Waals surface area contributed by atoms with Crippen LogP contribution in [0.15, 0.2) is 54.7 Å². The topological polar surface area (TPSA) is 108 Å². The van der Waals surface area contributed by atoms with Gasteiger partial charge in [0.1, 0.15) is 29.6 Å². The molecule has 1 aromatic heterocycles. The minimum absolute atomic E-state index is 0.0658. The van der Waals surface area contributed by atoms with Gasteiger partial charge in [-0.3, -0.25) is 9.78 Å². The molecule has 0 spiro atoms. The molecule has 0 saturated heterocycles. The Hall–Kier alpha value is -4.13. The highest BCUT2D eigenvalue weighted by molar-refractivity contribution is 6.32. The van der Waals surface area contributed by atoms with E-state index in [-0.39, 0.29) is 24.1 Å². The van der Waals surface area contributed by atoms with Crippen molar-refractivity contribution in [2.45, 2.75) is 45.3 Å². The number of carbonyl (C=O) groups excluding carboxylic acids is 1. The molecule has 42 heavy (non-hydrogen) atoms. The van der Waals surface area contributed by atoms with Crippen LogP contribution >= 0.6 is 11.6 Å². The molecule has 3 aromatic rings. The quantitative estimate of drug-likeness (QED) is 0.197. The smallest absolute Gasteiger partial charge is 0.224 e. The number of pyridine rings is 1. The predicted octanol–water partition coefficient (Wildman–Crippen LogP) is 6.89. The van der Waals surface area contributed by atoms with Crippen LogP contribution in [0.1, 0.15) is 55.5 Å². The Morgan fingerprint density at radius 3 is 2.81 bits per heavy atom. The van der Waals surface area contributed by atoms with E-state index in [1.807, 2.05) is 32.2 Å². The second kappa shape index (κ2) is 15.2. The standard InChI is InChI=1S/C32H35ClFN5O3/c1-3-41-30-16-21-8-4-5-9-22(19-35)32(24(21)18-27(30)39-31(40)11-7-14-36-2)38-23-12-13-29(25(33)17-23)42-20-28-26(34)10-6-15-37-28/h4,6,8,10,12-13,15-18,22,32,36,38H,3,5,7,9,11,14,20H2,1-2H3,(H,39,40)/b8-4+. The number of fused-ring (bicyclic) bond motifs is 1. The van der Waals surface area contributed by atoms with E-state index < -0.39 is 11.9 Å². The third kappa shape index (κ3) is 7.99. The first kappa shape index (κ1) is 30.8. The zero-order valence-corrected chi connectivity index (χ0v) is 24.5. The van der Waals surface area contributed by atoms with Crippen LogP contribution in [0.25, 0.3) is 6.08 Å². The van der Waals surface area contributed by atoms with Crippen molar-refractivity contribution in [1.82, 2.24) is 10.3 Å². The van der Waals surface area contributed by atoms with Crippen LogP contribution in [0.3, 0.4) is 0 Å². The van der Waals surface area contributed by atoms with Crippen LogP contribution in [0.5, 0.6) is 11.5 Å². The van der Waals surface area contributed by atoms with Crippen LogP contribution < -0.4 is 25.4 Å². The summed E-state index contributed by atoms with van der Waals surface area (Å²) in [5, 5.41) is 20.0. The van der Waals surface area contributed by atoms with Crippen molar-refractivity contribution in [1.29, 1.82) is 5.26 Å². The van der Waals surface area contributed by atoms with Crippen molar-refractivity contribution in [2.24, 2.45) is 5.92 Å².